The summed E-state index contributed by atoms with van der Waals surface area (Å²) < 4.78 is 18.0. The number of carbonyl (C=O) groups is 2. The molecule has 0 saturated carbocycles. The quantitative estimate of drug-likeness (QED) is 0.785. The largest absolute Gasteiger partial charge is 0.481 e. The summed E-state index contributed by atoms with van der Waals surface area (Å²) in [6.45, 7) is 4.89. The number of hydrogen-bond donors (Lipinski definition) is 2. The Hall–Kier alpha value is -2.37. The summed E-state index contributed by atoms with van der Waals surface area (Å²) in [6.07, 6.45) is 0.188. The van der Waals surface area contributed by atoms with Crippen molar-refractivity contribution in [1.82, 2.24) is 5.32 Å². The molecule has 0 radical (unpaired) electrons. The molecular weight excluding hydrogens is 265 g/mol. The van der Waals surface area contributed by atoms with Crippen molar-refractivity contribution in [1.29, 1.82) is 0 Å². The lowest BCUT2D eigenvalue weighted by molar-refractivity contribution is -0.138. The lowest BCUT2D eigenvalue weighted by Crippen LogP contribution is -2.45. The number of carbonyl (C=O) groups excluding carboxylic acids is 1. The van der Waals surface area contributed by atoms with Crippen LogP contribution in [0.4, 0.5) is 9.18 Å². The van der Waals surface area contributed by atoms with Crippen molar-refractivity contribution < 1.29 is 23.8 Å². The van der Waals surface area contributed by atoms with E-state index >= 15 is 0 Å². The number of ether oxygens (including phenoxy) is 1. The summed E-state index contributed by atoms with van der Waals surface area (Å²) in [5, 5.41) is 11.4. The number of hydrogen-bond acceptors (Lipinski definition) is 3. The highest BCUT2D eigenvalue weighted by atomic mass is 19.1. The molecule has 1 amide bonds. The van der Waals surface area contributed by atoms with Crippen molar-refractivity contribution in [3.63, 3.8) is 0 Å². The first-order chi connectivity index (χ1) is 9.37. The molecule has 0 aliphatic heterocycles. The van der Waals surface area contributed by atoms with Gasteiger partial charge in [-0.1, -0.05) is 24.8 Å². The second-order valence-electron chi connectivity index (χ2n) is 4.43. The molecule has 1 unspecified atom stereocenters. The summed E-state index contributed by atoms with van der Waals surface area (Å²) in [5.41, 5.74) is -0.929. The number of alkyl carbamates (subject to hydrolysis) is 1. The molecule has 0 bridgehead atoms. The highest BCUT2D eigenvalue weighted by Crippen LogP contribution is 2.25. The van der Waals surface area contributed by atoms with Crippen LogP contribution in [0.5, 0.6) is 0 Å². The van der Waals surface area contributed by atoms with E-state index in [9.17, 15) is 14.0 Å². The van der Waals surface area contributed by atoms with E-state index in [0.717, 1.165) is 0 Å². The summed E-state index contributed by atoms with van der Waals surface area (Å²) >= 11 is 0. The molecule has 2 N–H and O–H groups in total. The highest BCUT2D eigenvalue weighted by Gasteiger charge is 2.32. The van der Waals surface area contributed by atoms with Gasteiger partial charge in [-0.3, -0.25) is 4.79 Å². The topological polar surface area (TPSA) is 75.6 Å². The van der Waals surface area contributed by atoms with Crippen LogP contribution in [0.25, 0.3) is 0 Å². The van der Waals surface area contributed by atoms with Gasteiger partial charge in [0.2, 0.25) is 0 Å². The predicted molar refractivity (Wildman–Crippen MR) is 70.7 cm³/mol. The zero-order valence-electron chi connectivity index (χ0n) is 11.1. The maximum Gasteiger partial charge on any atom is 0.408 e. The third-order valence-corrected chi connectivity index (χ3v) is 2.68. The van der Waals surface area contributed by atoms with Crippen molar-refractivity contribution in [3.05, 3.63) is 48.3 Å². The average Bonchev–Trinajstić information content (AvgIpc) is 2.35. The summed E-state index contributed by atoms with van der Waals surface area (Å²) in [7, 11) is 0. The van der Waals surface area contributed by atoms with Crippen LogP contribution in [0.2, 0.25) is 0 Å². The second-order valence-corrected chi connectivity index (χ2v) is 4.43. The van der Waals surface area contributed by atoms with Crippen LogP contribution in [0.1, 0.15) is 18.9 Å². The Morgan fingerprint density at radius 2 is 2.25 bits per heavy atom. The van der Waals surface area contributed by atoms with E-state index in [-0.39, 0.29) is 6.61 Å². The molecule has 1 aromatic rings. The number of nitrogens with one attached hydrogen (secondary N) is 1. The van der Waals surface area contributed by atoms with Gasteiger partial charge in [0.05, 0.1) is 12.0 Å². The predicted octanol–water partition coefficient (Wildman–Crippen LogP) is 2.43. The molecule has 0 aliphatic carbocycles. The fraction of sp³-hybridized carbons (Fsp3) is 0.286. The van der Waals surface area contributed by atoms with Crippen molar-refractivity contribution >= 4 is 12.1 Å². The molecule has 1 atom stereocenters. The minimum Gasteiger partial charge on any atom is -0.481 e. The minimum absolute atomic E-state index is 0.00185. The van der Waals surface area contributed by atoms with Crippen LogP contribution in [-0.2, 0) is 15.1 Å². The summed E-state index contributed by atoms with van der Waals surface area (Å²) in [5.74, 6) is -1.64. The fourth-order valence-corrected chi connectivity index (χ4v) is 1.75. The van der Waals surface area contributed by atoms with Gasteiger partial charge >= 0.3 is 12.1 Å². The molecule has 108 valence electrons. The molecule has 6 heteroatoms. The molecule has 0 saturated heterocycles. The first-order valence-electron chi connectivity index (χ1n) is 5.91. The monoisotopic (exact) mass is 281 g/mol. The van der Waals surface area contributed by atoms with E-state index in [1.807, 2.05) is 0 Å². The Morgan fingerprint density at radius 3 is 2.80 bits per heavy atom. The van der Waals surface area contributed by atoms with Gasteiger partial charge in [0.15, 0.2) is 0 Å². The van der Waals surface area contributed by atoms with Gasteiger partial charge < -0.3 is 15.2 Å². The standard InChI is InChI=1S/C14H16FNO4/c1-3-7-20-13(19)16-14(2,9-12(17)18)10-5-4-6-11(15)8-10/h3-6,8H,1,7,9H2,2H3,(H,16,19)(H,17,18). The van der Waals surface area contributed by atoms with Crippen LogP contribution in [0.15, 0.2) is 36.9 Å². The zero-order valence-corrected chi connectivity index (χ0v) is 11.1. The van der Waals surface area contributed by atoms with Crippen LogP contribution in [-0.4, -0.2) is 23.8 Å². The van der Waals surface area contributed by atoms with E-state index in [1.165, 1.54) is 31.2 Å². The van der Waals surface area contributed by atoms with Gasteiger partial charge in [-0.2, -0.15) is 0 Å². The van der Waals surface area contributed by atoms with Crippen molar-refractivity contribution in [2.75, 3.05) is 6.61 Å². The molecule has 1 rings (SSSR count). The Morgan fingerprint density at radius 1 is 1.55 bits per heavy atom. The number of carboxylic acids is 1. The molecule has 0 fully saturated rings. The molecular formula is C14H16FNO4. The third kappa shape index (κ3) is 4.38. The molecule has 0 aliphatic rings. The first kappa shape index (κ1) is 15.7. The van der Waals surface area contributed by atoms with Crippen LogP contribution in [0, 0.1) is 5.82 Å². The molecule has 0 aromatic heterocycles. The minimum atomic E-state index is -1.27. The average molecular weight is 281 g/mol. The van der Waals surface area contributed by atoms with Crippen LogP contribution >= 0.6 is 0 Å². The Labute approximate surface area is 116 Å². The molecule has 1 aromatic carbocycles. The Bertz CT molecular complexity index is 518. The number of carboxylic acid groups (broad SMARTS) is 1. The van der Waals surface area contributed by atoms with Gasteiger partial charge in [0.25, 0.3) is 0 Å². The fourth-order valence-electron chi connectivity index (χ4n) is 1.75. The number of rotatable bonds is 6. The van der Waals surface area contributed by atoms with Gasteiger partial charge in [0, 0.05) is 0 Å². The SMILES string of the molecule is C=CCOC(=O)NC(C)(CC(=O)O)c1cccc(F)c1. The van der Waals surface area contributed by atoms with E-state index in [1.54, 1.807) is 6.07 Å². The third-order valence-electron chi connectivity index (χ3n) is 2.68. The molecule has 20 heavy (non-hydrogen) atoms. The number of halogens is 1. The van der Waals surface area contributed by atoms with Crippen molar-refractivity contribution in [2.24, 2.45) is 0 Å². The highest BCUT2D eigenvalue weighted by molar-refractivity contribution is 5.73. The maximum atomic E-state index is 13.3. The first-order valence-corrected chi connectivity index (χ1v) is 5.91. The lowest BCUT2D eigenvalue weighted by atomic mass is 9.88. The number of aliphatic carboxylic acids is 1. The smallest absolute Gasteiger partial charge is 0.408 e. The number of amides is 1. The van der Waals surface area contributed by atoms with E-state index in [0.29, 0.717) is 5.56 Å². The Balaban J connectivity index is 2.99. The van der Waals surface area contributed by atoms with E-state index < -0.39 is 29.8 Å². The van der Waals surface area contributed by atoms with E-state index in [4.69, 9.17) is 9.84 Å². The van der Waals surface area contributed by atoms with Gasteiger partial charge in [0.1, 0.15) is 12.4 Å². The van der Waals surface area contributed by atoms with Crippen molar-refractivity contribution in [3.8, 4) is 0 Å². The van der Waals surface area contributed by atoms with Crippen LogP contribution in [0.3, 0.4) is 0 Å². The van der Waals surface area contributed by atoms with Gasteiger partial charge in [-0.05, 0) is 24.6 Å². The zero-order chi connectivity index (χ0) is 15.2. The summed E-state index contributed by atoms with van der Waals surface area (Å²) in [6, 6.07) is 5.40. The second kappa shape index (κ2) is 6.70. The van der Waals surface area contributed by atoms with Crippen molar-refractivity contribution in [2.45, 2.75) is 18.9 Å². The molecule has 0 spiro atoms. The Kier molecular flexibility index (Phi) is 5.25. The number of benzene rings is 1. The van der Waals surface area contributed by atoms with Gasteiger partial charge in [-0.15, -0.1) is 0 Å². The van der Waals surface area contributed by atoms with E-state index in [2.05, 4.69) is 11.9 Å². The normalized spacial score (nSPS) is 13.1. The maximum absolute atomic E-state index is 13.3. The van der Waals surface area contributed by atoms with Crippen LogP contribution < -0.4 is 5.32 Å². The summed E-state index contributed by atoms with van der Waals surface area (Å²) in [4.78, 5) is 22.6. The van der Waals surface area contributed by atoms with Gasteiger partial charge in [-0.25, -0.2) is 9.18 Å². The lowest BCUT2D eigenvalue weighted by Gasteiger charge is -2.29. The molecule has 0 heterocycles. The molecule has 5 nitrogen and oxygen atoms in total.